The normalized spacial score (nSPS) is 11.9. The summed E-state index contributed by atoms with van der Waals surface area (Å²) in [6.45, 7) is 3.04. The minimum absolute atomic E-state index is 0.180. The molecule has 0 fully saturated rings. The Balaban J connectivity index is 2.01. The maximum Gasteiger partial charge on any atom is 0.260 e. The summed E-state index contributed by atoms with van der Waals surface area (Å²) >= 11 is 7.58. The van der Waals surface area contributed by atoms with Crippen LogP contribution in [0.3, 0.4) is 0 Å². The first-order chi connectivity index (χ1) is 13.6. The highest BCUT2D eigenvalue weighted by Gasteiger charge is 2.22. The van der Waals surface area contributed by atoms with E-state index in [1.54, 1.807) is 4.90 Å². The number of hydrogen-bond acceptors (Lipinski definition) is 6. The number of carbonyl (C=O) groups is 1. The second-order valence-electron chi connectivity index (χ2n) is 7.12. The SMILES string of the molecule is Cc1cc(Cl)cc2sc(N(CCN(C)C)C(=O)c3ccc(S(C)(=O)=O)cc3)nc12. The van der Waals surface area contributed by atoms with Gasteiger partial charge in [0, 0.05) is 29.9 Å². The fraction of sp³-hybridized carbons (Fsp3) is 0.300. The van der Waals surface area contributed by atoms with Gasteiger partial charge >= 0.3 is 0 Å². The summed E-state index contributed by atoms with van der Waals surface area (Å²) in [6, 6.07) is 9.68. The highest BCUT2D eigenvalue weighted by atomic mass is 35.5. The molecule has 0 saturated carbocycles. The van der Waals surface area contributed by atoms with Crippen molar-refractivity contribution in [1.29, 1.82) is 0 Å². The Morgan fingerprint density at radius 3 is 2.38 bits per heavy atom. The maximum absolute atomic E-state index is 13.2. The largest absolute Gasteiger partial charge is 0.308 e. The molecule has 0 atom stereocenters. The number of aryl methyl sites for hydroxylation is 1. The Hall–Kier alpha value is -2.00. The fourth-order valence-corrected chi connectivity index (χ4v) is 4.92. The molecule has 3 rings (SSSR count). The van der Waals surface area contributed by atoms with Crippen LogP contribution < -0.4 is 4.90 Å². The third-order valence-electron chi connectivity index (χ3n) is 4.42. The van der Waals surface area contributed by atoms with Crippen molar-refractivity contribution in [3.63, 3.8) is 0 Å². The molecule has 2 aromatic carbocycles. The number of likely N-dealkylation sites (N-methyl/N-ethyl adjacent to an activating group) is 1. The van der Waals surface area contributed by atoms with Crippen LogP contribution in [0.25, 0.3) is 10.2 Å². The quantitative estimate of drug-likeness (QED) is 0.569. The van der Waals surface area contributed by atoms with Crippen molar-refractivity contribution in [1.82, 2.24) is 9.88 Å². The zero-order valence-corrected chi connectivity index (χ0v) is 19.0. The molecule has 0 unspecified atom stereocenters. The number of nitrogens with zero attached hydrogens (tertiary/aromatic N) is 3. The minimum atomic E-state index is -3.32. The number of anilines is 1. The number of aromatic nitrogens is 1. The van der Waals surface area contributed by atoms with Gasteiger partial charge in [-0.2, -0.15) is 0 Å². The number of hydrogen-bond donors (Lipinski definition) is 0. The molecule has 0 saturated heterocycles. The van der Waals surface area contributed by atoms with Gasteiger partial charge in [-0.05, 0) is 63.0 Å². The van der Waals surface area contributed by atoms with E-state index in [1.807, 2.05) is 38.1 Å². The zero-order chi connectivity index (χ0) is 21.3. The van der Waals surface area contributed by atoms with Crippen molar-refractivity contribution in [3.05, 3.63) is 52.5 Å². The predicted molar refractivity (Wildman–Crippen MR) is 119 cm³/mol. The molecule has 0 aliphatic heterocycles. The van der Waals surface area contributed by atoms with Gasteiger partial charge in [-0.3, -0.25) is 9.69 Å². The second kappa shape index (κ2) is 8.39. The Morgan fingerprint density at radius 1 is 1.14 bits per heavy atom. The molecule has 9 heteroatoms. The third-order valence-corrected chi connectivity index (χ3v) is 6.79. The molecule has 0 spiro atoms. The van der Waals surface area contributed by atoms with E-state index in [0.29, 0.717) is 28.8 Å². The summed E-state index contributed by atoms with van der Waals surface area (Å²) in [5.74, 6) is -0.227. The number of sulfone groups is 1. The number of thiazole rings is 1. The van der Waals surface area contributed by atoms with Crippen LogP contribution in [0.4, 0.5) is 5.13 Å². The van der Waals surface area contributed by atoms with E-state index in [0.717, 1.165) is 22.0 Å². The number of fused-ring (bicyclic) bond motifs is 1. The van der Waals surface area contributed by atoms with Crippen LogP contribution in [0, 0.1) is 6.92 Å². The molecular weight excluding hydrogens is 430 g/mol. The fourth-order valence-electron chi connectivity index (χ4n) is 2.84. The molecule has 0 aliphatic rings. The van der Waals surface area contributed by atoms with Gasteiger partial charge < -0.3 is 4.90 Å². The Bertz CT molecular complexity index is 1160. The van der Waals surface area contributed by atoms with Gasteiger partial charge in [0.2, 0.25) is 0 Å². The smallest absolute Gasteiger partial charge is 0.260 e. The average molecular weight is 452 g/mol. The number of rotatable bonds is 6. The van der Waals surface area contributed by atoms with Crippen LogP contribution in [0.1, 0.15) is 15.9 Å². The molecular formula is C20H22ClN3O3S2. The summed E-state index contributed by atoms with van der Waals surface area (Å²) < 4.78 is 24.3. The first-order valence-corrected chi connectivity index (χ1v) is 12.0. The molecule has 3 aromatic rings. The molecule has 1 heterocycles. The number of halogens is 1. The highest BCUT2D eigenvalue weighted by Crippen LogP contribution is 2.33. The minimum Gasteiger partial charge on any atom is -0.308 e. The standard InChI is InChI=1S/C20H22ClN3O3S2/c1-13-11-15(21)12-17-18(13)22-20(28-17)24(10-9-23(2)3)19(25)14-5-7-16(8-6-14)29(4,26)27/h5-8,11-12H,9-10H2,1-4H3. The van der Waals surface area contributed by atoms with E-state index in [9.17, 15) is 13.2 Å². The second-order valence-corrected chi connectivity index (χ2v) is 10.6. The molecule has 6 nitrogen and oxygen atoms in total. The first kappa shape index (κ1) is 21.7. The van der Waals surface area contributed by atoms with Crippen LogP contribution in [0.5, 0.6) is 0 Å². The third kappa shape index (κ3) is 4.95. The number of benzene rings is 2. The van der Waals surface area contributed by atoms with Gasteiger partial charge in [-0.25, -0.2) is 13.4 Å². The Morgan fingerprint density at radius 2 is 1.79 bits per heavy atom. The highest BCUT2D eigenvalue weighted by molar-refractivity contribution is 7.90. The lowest BCUT2D eigenvalue weighted by Gasteiger charge is -2.22. The Kier molecular flexibility index (Phi) is 6.28. The van der Waals surface area contributed by atoms with Crippen molar-refractivity contribution in [2.75, 3.05) is 38.3 Å². The topological polar surface area (TPSA) is 70.6 Å². The molecule has 154 valence electrons. The summed E-state index contributed by atoms with van der Waals surface area (Å²) in [5.41, 5.74) is 2.18. The Labute approximate surface area is 179 Å². The summed E-state index contributed by atoms with van der Waals surface area (Å²) in [6.07, 6.45) is 1.14. The van der Waals surface area contributed by atoms with E-state index in [-0.39, 0.29) is 10.8 Å². The van der Waals surface area contributed by atoms with Crippen LogP contribution >= 0.6 is 22.9 Å². The van der Waals surface area contributed by atoms with Crippen molar-refractivity contribution < 1.29 is 13.2 Å². The zero-order valence-electron chi connectivity index (χ0n) is 16.6. The molecule has 1 aromatic heterocycles. The van der Waals surface area contributed by atoms with Crippen molar-refractivity contribution in [2.24, 2.45) is 0 Å². The van der Waals surface area contributed by atoms with Gasteiger partial charge in [0.25, 0.3) is 5.91 Å². The molecule has 0 bridgehead atoms. The van der Waals surface area contributed by atoms with Crippen molar-refractivity contribution >= 4 is 54.0 Å². The molecule has 29 heavy (non-hydrogen) atoms. The maximum atomic E-state index is 13.2. The van der Waals surface area contributed by atoms with Gasteiger partial charge in [-0.1, -0.05) is 22.9 Å². The summed E-state index contributed by atoms with van der Waals surface area (Å²) in [7, 11) is 0.553. The van der Waals surface area contributed by atoms with Crippen LogP contribution in [0.15, 0.2) is 41.3 Å². The van der Waals surface area contributed by atoms with Gasteiger partial charge in [-0.15, -0.1) is 0 Å². The summed E-state index contributed by atoms with van der Waals surface area (Å²) in [5, 5.41) is 1.22. The lowest BCUT2D eigenvalue weighted by Crippen LogP contribution is -2.36. The van der Waals surface area contributed by atoms with Crippen LogP contribution in [0.2, 0.25) is 5.02 Å². The van der Waals surface area contributed by atoms with Gasteiger partial charge in [0.1, 0.15) is 0 Å². The van der Waals surface area contributed by atoms with Crippen LogP contribution in [-0.2, 0) is 9.84 Å². The number of amides is 1. The molecule has 0 radical (unpaired) electrons. The van der Waals surface area contributed by atoms with E-state index < -0.39 is 9.84 Å². The van der Waals surface area contributed by atoms with E-state index in [2.05, 4.69) is 4.98 Å². The van der Waals surface area contributed by atoms with Gasteiger partial charge in [0.15, 0.2) is 15.0 Å². The van der Waals surface area contributed by atoms with Crippen LogP contribution in [-0.4, -0.2) is 57.6 Å². The van der Waals surface area contributed by atoms with E-state index >= 15 is 0 Å². The number of carbonyl (C=O) groups excluding carboxylic acids is 1. The monoisotopic (exact) mass is 451 g/mol. The first-order valence-electron chi connectivity index (χ1n) is 8.89. The summed E-state index contributed by atoms with van der Waals surface area (Å²) in [4.78, 5) is 21.7. The molecule has 0 N–H and O–H groups in total. The molecule has 0 aliphatic carbocycles. The lowest BCUT2D eigenvalue weighted by atomic mass is 10.2. The predicted octanol–water partition coefficient (Wildman–Crippen LogP) is 3.87. The lowest BCUT2D eigenvalue weighted by molar-refractivity contribution is 0.0985. The van der Waals surface area contributed by atoms with Crippen molar-refractivity contribution in [3.8, 4) is 0 Å². The van der Waals surface area contributed by atoms with E-state index in [1.165, 1.54) is 35.6 Å². The molecule has 1 amide bonds. The van der Waals surface area contributed by atoms with Crippen molar-refractivity contribution in [2.45, 2.75) is 11.8 Å². The van der Waals surface area contributed by atoms with E-state index in [4.69, 9.17) is 11.6 Å². The van der Waals surface area contributed by atoms with Gasteiger partial charge in [0.05, 0.1) is 15.1 Å². The average Bonchev–Trinajstić information content (AvgIpc) is 3.05.